The van der Waals surface area contributed by atoms with Crippen molar-refractivity contribution in [3.05, 3.63) is 29.6 Å². The molecule has 0 atom stereocenters. The number of halogens is 1. The highest BCUT2D eigenvalue weighted by Crippen LogP contribution is 2.33. The minimum atomic E-state index is 0.393. The van der Waals surface area contributed by atoms with Gasteiger partial charge in [-0.25, -0.2) is 4.98 Å². The van der Waals surface area contributed by atoms with Gasteiger partial charge in [0.05, 0.1) is 17.0 Å². The molecule has 1 heterocycles. The number of nitriles is 1. The van der Waals surface area contributed by atoms with Crippen LogP contribution in [0.25, 0.3) is 11.0 Å². The molecule has 1 aliphatic carbocycles. The van der Waals surface area contributed by atoms with Gasteiger partial charge in [-0.3, -0.25) is 0 Å². The lowest BCUT2D eigenvalue weighted by Gasteiger charge is -2.06. The maximum Gasteiger partial charge on any atom is 0.124 e. The summed E-state index contributed by atoms with van der Waals surface area (Å²) in [7, 11) is 0. The number of alkyl halides is 1. The van der Waals surface area contributed by atoms with Gasteiger partial charge in [-0.2, -0.15) is 5.26 Å². The lowest BCUT2D eigenvalue weighted by atomic mass is 10.2. The van der Waals surface area contributed by atoms with Gasteiger partial charge in [0.2, 0.25) is 0 Å². The van der Waals surface area contributed by atoms with E-state index in [0.29, 0.717) is 11.4 Å². The Labute approximate surface area is 111 Å². The number of rotatable bonds is 4. The molecule has 0 saturated heterocycles. The van der Waals surface area contributed by atoms with Gasteiger partial charge in [0.25, 0.3) is 0 Å². The molecule has 0 radical (unpaired) electrons. The number of benzene rings is 1. The zero-order valence-electron chi connectivity index (χ0n) is 10.1. The van der Waals surface area contributed by atoms with Crippen molar-refractivity contribution in [1.82, 2.24) is 9.55 Å². The second-order valence-electron chi connectivity index (χ2n) is 4.83. The summed E-state index contributed by atoms with van der Waals surface area (Å²) in [5.41, 5.74) is 2.45. The van der Waals surface area contributed by atoms with Crippen molar-refractivity contribution in [2.75, 3.05) is 0 Å². The maximum atomic E-state index is 9.10. The summed E-state index contributed by atoms with van der Waals surface area (Å²) in [4.78, 5) is 4.51. The van der Waals surface area contributed by atoms with Gasteiger partial charge in [-0.1, -0.05) is 18.9 Å². The number of aryl methyl sites for hydroxylation is 1. The lowest BCUT2D eigenvalue weighted by Crippen LogP contribution is -2.03. The third-order valence-corrected chi connectivity index (χ3v) is 3.79. The smallest absolute Gasteiger partial charge is 0.124 e. The van der Waals surface area contributed by atoms with Crippen LogP contribution in [0.3, 0.4) is 0 Å². The Bertz CT molecular complexity index is 620. The van der Waals surface area contributed by atoms with Gasteiger partial charge in [0.1, 0.15) is 17.4 Å². The number of hydrogen-bond donors (Lipinski definition) is 0. The molecule has 92 valence electrons. The van der Waals surface area contributed by atoms with Crippen LogP contribution in [0.2, 0.25) is 0 Å². The molecule has 2 aromatic rings. The molecule has 0 N–H and O–H groups in total. The number of aromatic nitrogens is 2. The molecule has 18 heavy (non-hydrogen) atoms. The van der Waals surface area contributed by atoms with Gasteiger partial charge >= 0.3 is 0 Å². The van der Waals surface area contributed by atoms with E-state index in [1.807, 2.05) is 12.1 Å². The van der Waals surface area contributed by atoms with Crippen LogP contribution in [-0.4, -0.2) is 9.55 Å². The van der Waals surface area contributed by atoms with Crippen LogP contribution in [0.5, 0.6) is 0 Å². The monoisotopic (exact) mass is 259 g/mol. The highest BCUT2D eigenvalue weighted by atomic mass is 35.5. The second kappa shape index (κ2) is 4.62. The normalized spacial score (nSPS) is 14.9. The molecule has 1 aromatic heterocycles. The van der Waals surface area contributed by atoms with Crippen molar-refractivity contribution in [3.8, 4) is 6.07 Å². The van der Waals surface area contributed by atoms with Gasteiger partial charge in [0, 0.05) is 6.54 Å². The average molecular weight is 260 g/mol. The van der Waals surface area contributed by atoms with E-state index in [9.17, 15) is 0 Å². The van der Waals surface area contributed by atoms with Crippen molar-refractivity contribution in [2.45, 2.75) is 31.7 Å². The van der Waals surface area contributed by atoms with Crippen LogP contribution >= 0.6 is 11.6 Å². The molecular formula is C14H14ClN3. The molecule has 1 saturated carbocycles. The molecule has 3 rings (SSSR count). The summed E-state index contributed by atoms with van der Waals surface area (Å²) >= 11 is 5.96. The summed E-state index contributed by atoms with van der Waals surface area (Å²) in [5.74, 6) is 2.14. The minimum Gasteiger partial charge on any atom is -0.327 e. The van der Waals surface area contributed by atoms with E-state index in [1.165, 1.54) is 19.3 Å². The fourth-order valence-electron chi connectivity index (χ4n) is 2.36. The van der Waals surface area contributed by atoms with Crippen LogP contribution < -0.4 is 0 Å². The number of para-hydroxylation sites is 1. The fraction of sp³-hybridized carbons (Fsp3) is 0.429. The third kappa shape index (κ3) is 1.97. The molecule has 0 amide bonds. The average Bonchev–Trinajstić information content (AvgIpc) is 3.16. The molecule has 1 aromatic carbocycles. The van der Waals surface area contributed by atoms with Gasteiger partial charge in [-0.15, -0.1) is 11.6 Å². The Morgan fingerprint density at radius 1 is 1.44 bits per heavy atom. The fourth-order valence-corrected chi connectivity index (χ4v) is 2.56. The highest BCUT2D eigenvalue weighted by Gasteiger charge is 2.22. The highest BCUT2D eigenvalue weighted by molar-refractivity contribution is 6.16. The summed E-state index contributed by atoms with van der Waals surface area (Å²) in [5, 5.41) is 9.10. The summed E-state index contributed by atoms with van der Waals surface area (Å²) in [6.07, 6.45) is 3.89. The molecule has 3 nitrogen and oxygen atoms in total. The van der Waals surface area contributed by atoms with E-state index in [2.05, 4.69) is 15.6 Å². The summed E-state index contributed by atoms with van der Waals surface area (Å²) in [6, 6.07) is 7.93. The molecule has 1 fully saturated rings. The largest absolute Gasteiger partial charge is 0.327 e. The first-order valence-corrected chi connectivity index (χ1v) is 6.81. The number of imidazole rings is 1. The summed E-state index contributed by atoms with van der Waals surface area (Å²) < 4.78 is 2.17. The molecule has 0 bridgehead atoms. The van der Waals surface area contributed by atoms with Crippen LogP contribution in [0.1, 0.15) is 30.7 Å². The van der Waals surface area contributed by atoms with Crippen LogP contribution in [0.15, 0.2) is 18.2 Å². The molecule has 4 heteroatoms. The first-order chi connectivity index (χ1) is 8.83. The Kier molecular flexibility index (Phi) is 2.97. The first-order valence-electron chi connectivity index (χ1n) is 6.27. The van der Waals surface area contributed by atoms with Crippen molar-refractivity contribution >= 4 is 22.6 Å². The Morgan fingerprint density at radius 3 is 2.94 bits per heavy atom. The van der Waals surface area contributed by atoms with Crippen LogP contribution in [0.4, 0.5) is 0 Å². The van der Waals surface area contributed by atoms with E-state index in [1.54, 1.807) is 6.07 Å². The summed E-state index contributed by atoms with van der Waals surface area (Å²) in [6.45, 7) is 0.956. The topological polar surface area (TPSA) is 41.6 Å². The number of hydrogen-bond acceptors (Lipinski definition) is 2. The SMILES string of the molecule is N#Cc1cccc2c1nc(CCl)n2CCC1CC1. The zero-order chi connectivity index (χ0) is 12.5. The molecular weight excluding hydrogens is 246 g/mol. The Hall–Kier alpha value is -1.53. The quantitative estimate of drug-likeness (QED) is 0.789. The van der Waals surface area contributed by atoms with E-state index < -0.39 is 0 Å². The van der Waals surface area contributed by atoms with E-state index in [4.69, 9.17) is 16.9 Å². The predicted octanol–water partition coefficient (Wildman–Crippen LogP) is 3.45. The number of nitrogens with zero attached hydrogens (tertiary/aromatic N) is 3. The van der Waals surface area contributed by atoms with Crippen LogP contribution in [0, 0.1) is 17.2 Å². The van der Waals surface area contributed by atoms with Gasteiger partial charge < -0.3 is 4.57 Å². The van der Waals surface area contributed by atoms with Crippen molar-refractivity contribution in [3.63, 3.8) is 0 Å². The first kappa shape index (κ1) is 11.6. The predicted molar refractivity (Wildman–Crippen MR) is 71.3 cm³/mol. The van der Waals surface area contributed by atoms with Crippen molar-refractivity contribution in [1.29, 1.82) is 5.26 Å². The molecule has 1 aliphatic rings. The Balaban J connectivity index is 2.06. The molecule has 0 unspecified atom stereocenters. The Morgan fingerprint density at radius 2 is 2.28 bits per heavy atom. The minimum absolute atomic E-state index is 0.393. The van der Waals surface area contributed by atoms with Gasteiger partial charge in [-0.05, 0) is 24.5 Å². The van der Waals surface area contributed by atoms with Crippen LogP contribution in [-0.2, 0) is 12.4 Å². The maximum absolute atomic E-state index is 9.10. The van der Waals surface area contributed by atoms with Crippen molar-refractivity contribution < 1.29 is 0 Å². The van der Waals surface area contributed by atoms with Gasteiger partial charge in [0.15, 0.2) is 0 Å². The standard InChI is InChI=1S/C14H14ClN3/c15-8-13-17-14-11(9-16)2-1-3-12(14)18(13)7-6-10-4-5-10/h1-3,10H,4-8H2. The molecule has 0 aliphatic heterocycles. The second-order valence-corrected chi connectivity index (χ2v) is 5.10. The number of fused-ring (bicyclic) bond motifs is 1. The lowest BCUT2D eigenvalue weighted by molar-refractivity contribution is 0.594. The zero-order valence-corrected chi connectivity index (χ0v) is 10.8. The third-order valence-electron chi connectivity index (χ3n) is 3.56. The van der Waals surface area contributed by atoms with E-state index in [-0.39, 0.29) is 0 Å². The molecule has 0 spiro atoms. The van der Waals surface area contributed by atoms with E-state index >= 15 is 0 Å². The van der Waals surface area contributed by atoms with Crippen molar-refractivity contribution in [2.24, 2.45) is 5.92 Å². The van der Waals surface area contributed by atoms with E-state index in [0.717, 1.165) is 29.3 Å².